The molecule has 66 heavy (non-hydrogen) atoms. The minimum absolute atomic E-state index is 0.118. The zero-order valence-electron chi connectivity index (χ0n) is 39.7. The lowest BCUT2D eigenvalue weighted by Crippen LogP contribution is -2.64. The number of morpholine rings is 1. The molecule has 7 rings (SSSR count). The summed E-state index contributed by atoms with van der Waals surface area (Å²) in [5, 5.41) is 5.54. The maximum Gasteiger partial charge on any atom is 0.325 e. The molecule has 4 aliphatic heterocycles. The van der Waals surface area contributed by atoms with E-state index in [1.807, 2.05) is 26.8 Å². The number of halogens is 1. The summed E-state index contributed by atoms with van der Waals surface area (Å²) in [6, 6.07) is 7.74. The number of likely N-dealkylation sites (tertiary alicyclic amines) is 1. The van der Waals surface area contributed by atoms with Crippen molar-refractivity contribution in [3.8, 4) is 11.3 Å². The van der Waals surface area contributed by atoms with E-state index in [-0.39, 0.29) is 54.8 Å². The first-order valence-corrected chi connectivity index (χ1v) is 24.2. The van der Waals surface area contributed by atoms with Crippen LogP contribution < -0.4 is 15.6 Å². The topological polar surface area (TPSA) is 168 Å². The van der Waals surface area contributed by atoms with Gasteiger partial charge >= 0.3 is 5.97 Å². The van der Waals surface area contributed by atoms with Crippen molar-refractivity contribution in [3.05, 3.63) is 60.4 Å². The highest BCUT2D eigenvalue weighted by Crippen LogP contribution is 2.42. The fraction of sp³-hybridized carbons (Fsp3) is 0.592. The molecule has 0 spiro atoms. The zero-order chi connectivity index (χ0) is 47.6. The Labute approximate surface area is 396 Å². The smallest absolute Gasteiger partial charge is 0.325 e. The maximum atomic E-state index is 14.8. The van der Waals surface area contributed by atoms with Gasteiger partial charge in [-0.2, -0.15) is 0 Å². The number of nitrogens with one attached hydrogen (secondary N) is 2. The summed E-state index contributed by atoms with van der Waals surface area (Å²) >= 11 is 3.71. The fourth-order valence-corrected chi connectivity index (χ4v) is 10.8. The summed E-state index contributed by atoms with van der Waals surface area (Å²) in [6.07, 6.45) is 3.86. The second-order valence-electron chi connectivity index (χ2n) is 19.3. The van der Waals surface area contributed by atoms with Crippen molar-refractivity contribution in [3.63, 3.8) is 0 Å². The number of fused-ring (bicyclic) bond motifs is 6. The molecular weight excluding hydrogens is 908 g/mol. The Kier molecular flexibility index (Phi) is 15.3. The summed E-state index contributed by atoms with van der Waals surface area (Å²) < 4.78 is 20.7. The van der Waals surface area contributed by atoms with Gasteiger partial charge in [-0.05, 0) is 81.0 Å². The second-order valence-corrected chi connectivity index (χ2v) is 20.6. The number of aromatic nitrogens is 2. The van der Waals surface area contributed by atoms with Crippen LogP contribution in [0.2, 0.25) is 0 Å². The summed E-state index contributed by atoms with van der Waals surface area (Å²) in [4.78, 5) is 79.5. The normalized spacial score (nSPS) is 24.7. The largest absolute Gasteiger partial charge is 0.464 e. The Morgan fingerprint density at radius 1 is 1.12 bits per heavy atom. The third kappa shape index (κ3) is 10.3. The summed E-state index contributed by atoms with van der Waals surface area (Å²) in [7, 11) is 3.29. The molecule has 0 aliphatic carbocycles. The lowest BCUT2D eigenvalue weighted by molar-refractivity contribution is -0.155. The lowest BCUT2D eigenvalue weighted by atomic mass is 9.84. The number of amides is 4. The number of hydrogen-bond acceptors (Lipinski definition) is 11. The Hall–Kier alpha value is -4.84. The van der Waals surface area contributed by atoms with E-state index in [0.29, 0.717) is 52.0 Å². The van der Waals surface area contributed by atoms with Crippen molar-refractivity contribution in [1.82, 2.24) is 35.1 Å². The van der Waals surface area contributed by atoms with Crippen molar-refractivity contribution in [2.24, 2.45) is 17.3 Å². The first-order valence-electron chi connectivity index (χ1n) is 23.3. The predicted octanol–water partition coefficient (Wildman–Crippen LogP) is 5.02. The zero-order valence-corrected chi connectivity index (χ0v) is 41.3. The van der Waals surface area contributed by atoms with E-state index in [0.717, 1.165) is 39.1 Å². The first kappa shape index (κ1) is 49.1. The van der Waals surface area contributed by atoms with Gasteiger partial charge in [0.05, 0.1) is 42.7 Å². The number of hydrazine groups is 1. The van der Waals surface area contributed by atoms with E-state index in [1.165, 1.54) is 16.0 Å². The second kappa shape index (κ2) is 20.6. The molecule has 6 bridgehead atoms. The van der Waals surface area contributed by atoms with Gasteiger partial charge in [0.25, 0.3) is 5.91 Å². The van der Waals surface area contributed by atoms with Crippen LogP contribution in [0.3, 0.4) is 0 Å². The van der Waals surface area contributed by atoms with E-state index in [1.54, 1.807) is 25.3 Å². The van der Waals surface area contributed by atoms with Crippen LogP contribution in [-0.4, -0.2) is 143 Å². The van der Waals surface area contributed by atoms with Crippen LogP contribution in [0, 0.1) is 17.3 Å². The van der Waals surface area contributed by atoms with E-state index < -0.39 is 53.3 Å². The van der Waals surface area contributed by atoms with Gasteiger partial charge in [0.15, 0.2) is 0 Å². The van der Waals surface area contributed by atoms with Crippen molar-refractivity contribution in [1.29, 1.82) is 0 Å². The van der Waals surface area contributed by atoms with Crippen LogP contribution in [0.1, 0.15) is 78.2 Å². The van der Waals surface area contributed by atoms with Crippen LogP contribution >= 0.6 is 15.9 Å². The molecular formula is C49H67BrN8O8. The number of rotatable bonds is 10. The van der Waals surface area contributed by atoms with Gasteiger partial charge in [-0.3, -0.25) is 34.0 Å². The highest BCUT2D eigenvalue weighted by atomic mass is 79.9. The predicted molar refractivity (Wildman–Crippen MR) is 255 cm³/mol. The van der Waals surface area contributed by atoms with E-state index in [2.05, 4.69) is 87.8 Å². The third-order valence-corrected chi connectivity index (χ3v) is 14.3. The Bertz CT molecular complexity index is 2320. The van der Waals surface area contributed by atoms with Crippen molar-refractivity contribution in [2.45, 2.75) is 109 Å². The average molecular weight is 976 g/mol. The van der Waals surface area contributed by atoms with Crippen LogP contribution in [0.25, 0.3) is 22.2 Å². The number of alkyl halides is 1. The van der Waals surface area contributed by atoms with Crippen LogP contribution in [0.15, 0.2) is 49.2 Å². The van der Waals surface area contributed by atoms with Crippen LogP contribution in [0.5, 0.6) is 0 Å². The number of pyridine rings is 1. The molecule has 4 amide bonds. The maximum absolute atomic E-state index is 14.8. The number of cyclic esters (lactones) is 1. The van der Waals surface area contributed by atoms with E-state index in [9.17, 15) is 24.0 Å². The van der Waals surface area contributed by atoms with Gasteiger partial charge in [-0.25, -0.2) is 5.43 Å². The number of esters is 1. The van der Waals surface area contributed by atoms with Gasteiger partial charge in [0.1, 0.15) is 18.1 Å². The summed E-state index contributed by atoms with van der Waals surface area (Å²) in [5.74, 6) is -2.68. The number of hydrogen-bond donors (Lipinski definition) is 2. The number of anilines is 1. The van der Waals surface area contributed by atoms with Crippen molar-refractivity contribution < 1.29 is 38.2 Å². The van der Waals surface area contributed by atoms with Gasteiger partial charge < -0.3 is 38.8 Å². The number of ether oxygens (including phenoxy) is 3. The molecule has 2 aromatic heterocycles. The number of methoxy groups -OCH3 is 1. The van der Waals surface area contributed by atoms with Crippen LogP contribution in [-0.2, 0) is 51.1 Å². The van der Waals surface area contributed by atoms with E-state index in [4.69, 9.17) is 19.2 Å². The molecule has 3 aromatic rings. The minimum atomic E-state index is -1.09. The third-order valence-electron chi connectivity index (χ3n) is 13.6. The van der Waals surface area contributed by atoms with Crippen molar-refractivity contribution >= 4 is 62.1 Å². The van der Waals surface area contributed by atoms with Gasteiger partial charge in [0, 0.05) is 98.4 Å². The van der Waals surface area contributed by atoms with Crippen LogP contribution in [0.4, 0.5) is 5.69 Å². The molecule has 3 fully saturated rings. The van der Waals surface area contributed by atoms with Gasteiger partial charge in [0.2, 0.25) is 17.7 Å². The fourth-order valence-electron chi connectivity index (χ4n) is 10.2. The molecule has 17 heteroatoms. The molecule has 7 atom stereocenters. The van der Waals surface area contributed by atoms with E-state index >= 15 is 0 Å². The molecule has 6 heterocycles. The number of benzene rings is 1. The Morgan fingerprint density at radius 3 is 2.61 bits per heavy atom. The molecule has 3 saturated heterocycles. The quantitative estimate of drug-likeness (QED) is 0.159. The molecule has 0 radical (unpaired) electrons. The summed E-state index contributed by atoms with van der Waals surface area (Å²) in [6.45, 7) is 18.8. The molecule has 2 unspecified atom stereocenters. The van der Waals surface area contributed by atoms with Gasteiger partial charge in [-0.15, -0.1) is 0 Å². The highest BCUT2D eigenvalue weighted by molar-refractivity contribution is 9.09. The standard InChI is InChI=1S/C49H67BrN8O8/c1-10-41(59)56-18-16-31(25-56)46(61)54(8)43(29(3)4)45(60)52-38-23-34-27-55(19-20-65-34)33-14-15-40-36(22-33)37(44(57(40)11-2)35-13-12-17-51-42(35)30(5)64-9)24-49(6,7)28-66-48(63)39-21-32(50)26-58(53-39)47(38)62/h10,12-15,17,22,29-32,34,38-39,43,53H,1,11,16,18-21,23-28H2,2-9H3,(H,52,60)/t30-,31-,32?,34+,38?,39-,43-/m0/s1. The highest BCUT2D eigenvalue weighted by Gasteiger charge is 2.42. The number of aryl methyl sites for hydroxylation is 1. The number of carbonyl (C=O) groups excluding carboxylic acids is 5. The monoisotopic (exact) mass is 974 g/mol. The Morgan fingerprint density at radius 2 is 1.89 bits per heavy atom. The lowest BCUT2D eigenvalue weighted by Gasteiger charge is -2.40. The number of likely N-dealkylation sites (N-methyl/N-ethyl adjacent to an activating group) is 1. The number of nitrogens with zero attached hydrogens (tertiary/aromatic N) is 6. The number of carbonyl (C=O) groups is 5. The molecule has 16 nitrogen and oxygen atoms in total. The molecule has 358 valence electrons. The van der Waals surface area contributed by atoms with Gasteiger partial charge in [-0.1, -0.05) is 50.2 Å². The minimum Gasteiger partial charge on any atom is -0.464 e. The average Bonchev–Trinajstić information content (AvgIpc) is 3.92. The van der Waals surface area contributed by atoms with Crippen molar-refractivity contribution in [2.75, 3.05) is 65.0 Å². The molecule has 1 aromatic carbocycles. The molecule has 2 N–H and O–H groups in total. The first-order chi connectivity index (χ1) is 31.4. The summed E-state index contributed by atoms with van der Waals surface area (Å²) in [5.41, 5.74) is 8.69. The SMILES string of the molecule is C=CC(=O)N1CC[C@H](C(=O)N(C)[C@H](C(=O)NC2C[C@@H]3CN(CCO3)c3ccc4c(c3)c(c(-c3cccnc3[C@H](C)OC)n4CC)CC(C)(C)COC(=O)[C@@H]3CC(Br)CN(N3)C2=O)C(C)C)C1. The Balaban J connectivity index is 1.26. The molecule has 4 aliphatic rings. The molecule has 0 saturated carbocycles.